The Morgan fingerprint density at radius 1 is 1.69 bits per heavy atom. The molecule has 1 unspecified atom stereocenters. The van der Waals surface area contributed by atoms with Gasteiger partial charge >= 0.3 is 0 Å². The number of aliphatic hydroxyl groups is 1. The highest BCUT2D eigenvalue weighted by Crippen LogP contribution is 2.14. The van der Waals surface area contributed by atoms with E-state index in [4.69, 9.17) is 0 Å². The fourth-order valence-electron chi connectivity index (χ4n) is 1.79. The molecule has 1 aromatic rings. The first kappa shape index (κ1) is 11.8. The summed E-state index contributed by atoms with van der Waals surface area (Å²) >= 11 is 2.13. The van der Waals surface area contributed by atoms with Crippen molar-refractivity contribution in [3.8, 4) is 0 Å². The summed E-state index contributed by atoms with van der Waals surface area (Å²) < 4.78 is 0.869. The second kappa shape index (κ2) is 5.09. The molecule has 5 heteroatoms. The predicted molar refractivity (Wildman–Crippen MR) is 67.9 cm³/mol. The van der Waals surface area contributed by atoms with Crippen LogP contribution < -0.4 is 0 Å². The standard InChI is InChI=1S/C11H13IN2O2/c12-11-8(2-1-4-13-11)6-10(16)14-5-3-9(15)7-14/h1-2,4,9,15H,3,5-7H2. The first-order chi connectivity index (χ1) is 7.66. The van der Waals surface area contributed by atoms with Crippen LogP contribution in [0.1, 0.15) is 12.0 Å². The number of pyridine rings is 1. The fourth-order valence-corrected chi connectivity index (χ4v) is 2.33. The Hall–Kier alpha value is -0.690. The van der Waals surface area contributed by atoms with Gasteiger partial charge in [0.05, 0.1) is 12.5 Å². The summed E-state index contributed by atoms with van der Waals surface area (Å²) in [6.45, 7) is 1.13. The lowest BCUT2D eigenvalue weighted by molar-refractivity contribution is -0.129. The molecule has 86 valence electrons. The Balaban J connectivity index is 2.00. The molecule has 0 spiro atoms. The van der Waals surface area contributed by atoms with Crippen LogP contribution in [0.25, 0.3) is 0 Å². The van der Waals surface area contributed by atoms with E-state index in [0.29, 0.717) is 25.9 Å². The van der Waals surface area contributed by atoms with E-state index in [1.54, 1.807) is 11.1 Å². The minimum atomic E-state index is -0.350. The Bertz CT molecular complexity index is 397. The topological polar surface area (TPSA) is 53.4 Å². The molecular formula is C11H13IN2O2. The molecule has 1 aliphatic heterocycles. The number of β-amino-alcohol motifs (C(OH)–C–C–N with tert-alkyl or cyclic N) is 1. The van der Waals surface area contributed by atoms with E-state index in [-0.39, 0.29) is 12.0 Å². The molecule has 1 aliphatic rings. The van der Waals surface area contributed by atoms with Crippen molar-refractivity contribution < 1.29 is 9.90 Å². The molecule has 1 atom stereocenters. The molecule has 0 radical (unpaired) electrons. The molecule has 1 fully saturated rings. The largest absolute Gasteiger partial charge is 0.391 e. The molecule has 0 bridgehead atoms. The third kappa shape index (κ3) is 2.70. The lowest BCUT2D eigenvalue weighted by Gasteiger charge is -2.15. The zero-order valence-corrected chi connectivity index (χ0v) is 10.9. The highest BCUT2D eigenvalue weighted by molar-refractivity contribution is 14.1. The summed E-state index contributed by atoms with van der Waals surface area (Å²) in [4.78, 5) is 17.8. The zero-order chi connectivity index (χ0) is 11.5. The first-order valence-corrected chi connectivity index (χ1v) is 6.30. The average Bonchev–Trinajstić information content (AvgIpc) is 2.68. The number of likely N-dealkylation sites (tertiary alicyclic amines) is 1. The van der Waals surface area contributed by atoms with Gasteiger partial charge in [0, 0.05) is 19.3 Å². The van der Waals surface area contributed by atoms with E-state index in [0.717, 1.165) is 9.26 Å². The third-order valence-corrected chi connectivity index (χ3v) is 3.67. The summed E-state index contributed by atoms with van der Waals surface area (Å²) in [5.41, 5.74) is 0.953. The van der Waals surface area contributed by atoms with Crippen LogP contribution >= 0.6 is 22.6 Å². The van der Waals surface area contributed by atoms with Crippen LogP contribution in [-0.4, -0.2) is 40.1 Å². The minimum Gasteiger partial charge on any atom is -0.391 e. The van der Waals surface area contributed by atoms with Gasteiger partial charge < -0.3 is 10.0 Å². The van der Waals surface area contributed by atoms with Crippen LogP contribution in [0.4, 0.5) is 0 Å². The minimum absolute atomic E-state index is 0.0717. The maximum atomic E-state index is 11.9. The second-order valence-electron chi connectivity index (χ2n) is 3.91. The van der Waals surface area contributed by atoms with Crippen molar-refractivity contribution in [2.45, 2.75) is 18.9 Å². The smallest absolute Gasteiger partial charge is 0.227 e. The van der Waals surface area contributed by atoms with Crippen LogP contribution in [0, 0.1) is 3.70 Å². The van der Waals surface area contributed by atoms with Crippen LogP contribution in [0.5, 0.6) is 0 Å². The maximum Gasteiger partial charge on any atom is 0.227 e. The quantitative estimate of drug-likeness (QED) is 0.645. The van der Waals surface area contributed by atoms with E-state index in [1.165, 1.54) is 0 Å². The Morgan fingerprint density at radius 2 is 2.50 bits per heavy atom. The number of nitrogens with zero attached hydrogens (tertiary/aromatic N) is 2. The van der Waals surface area contributed by atoms with Crippen molar-refractivity contribution in [3.05, 3.63) is 27.6 Å². The molecule has 2 heterocycles. The second-order valence-corrected chi connectivity index (χ2v) is 4.93. The molecule has 1 saturated heterocycles. The highest BCUT2D eigenvalue weighted by Gasteiger charge is 2.24. The first-order valence-electron chi connectivity index (χ1n) is 5.22. The van der Waals surface area contributed by atoms with Crippen molar-refractivity contribution in [1.29, 1.82) is 0 Å². The highest BCUT2D eigenvalue weighted by atomic mass is 127. The molecule has 16 heavy (non-hydrogen) atoms. The lowest BCUT2D eigenvalue weighted by atomic mass is 10.2. The number of carbonyl (C=O) groups is 1. The molecule has 2 rings (SSSR count). The van der Waals surface area contributed by atoms with Crippen molar-refractivity contribution in [2.75, 3.05) is 13.1 Å². The van der Waals surface area contributed by atoms with Crippen molar-refractivity contribution in [1.82, 2.24) is 9.88 Å². The molecule has 4 nitrogen and oxygen atoms in total. The van der Waals surface area contributed by atoms with Gasteiger partial charge in [-0.2, -0.15) is 0 Å². The predicted octanol–water partition coefficient (Wildman–Crippen LogP) is 0.822. The van der Waals surface area contributed by atoms with Crippen LogP contribution in [0.2, 0.25) is 0 Å². The Morgan fingerprint density at radius 3 is 3.12 bits per heavy atom. The summed E-state index contributed by atoms with van der Waals surface area (Å²) in [5, 5.41) is 9.36. The van der Waals surface area contributed by atoms with Crippen molar-refractivity contribution in [2.24, 2.45) is 0 Å². The number of amides is 1. The number of rotatable bonds is 2. The van der Waals surface area contributed by atoms with Crippen LogP contribution in [0.3, 0.4) is 0 Å². The van der Waals surface area contributed by atoms with E-state index in [2.05, 4.69) is 27.6 Å². The Labute approximate surface area is 108 Å². The van der Waals surface area contributed by atoms with Crippen molar-refractivity contribution >= 4 is 28.5 Å². The van der Waals surface area contributed by atoms with E-state index < -0.39 is 0 Å². The number of hydrogen-bond acceptors (Lipinski definition) is 3. The van der Waals surface area contributed by atoms with Gasteiger partial charge in [0.2, 0.25) is 5.91 Å². The van der Waals surface area contributed by atoms with Crippen molar-refractivity contribution in [3.63, 3.8) is 0 Å². The van der Waals surface area contributed by atoms with E-state index in [1.807, 2.05) is 12.1 Å². The number of aliphatic hydroxyl groups excluding tert-OH is 1. The molecular weight excluding hydrogens is 319 g/mol. The monoisotopic (exact) mass is 332 g/mol. The van der Waals surface area contributed by atoms with Gasteiger partial charge in [-0.05, 0) is 40.6 Å². The van der Waals surface area contributed by atoms with E-state index >= 15 is 0 Å². The van der Waals surface area contributed by atoms with Crippen LogP contribution in [0.15, 0.2) is 18.3 Å². The van der Waals surface area contributed by atoms with Crippen LogP contribution in [-0.2, 0) is 11.2 Å². The zero-order valence-electron chi connectivity index (χ0n) is 8.77. The molecule has 1 aromatic heterocycles. The van der Waals surface area contributed by atoms with Gasteiger partial charge in [-0.25, -0.2) is 0 Å². The fraction of sp³-hybridized carbons (Fsp3) is 0.455. The third-order valence-electron chi connectivity index (χ3n) is 2.69. The summed E-state index contributed by atoms with van der Waals surface area (Å²) in [6.07, 6.45) is 2.43. The average molecular weight is 332 g/mol. The van der Waals surface area contributed by atoms with Gasteiger partial charge in [0.15, 0.2) is 0 Å². The van der Waals surface area contributed by atoms with Gasteiger partial charge in [0.25, 0.3) is 0 Å². The number of halogens is 1. The van der Waals surface area contributed by atoms with Gasteiger partial charge in [-0.3, -0.25) is 9.78 Å². The number of carbonyl (C=O) groups excluding carboxylic acids is 1. The summed E-state index contributed by atoms with van der Waals surface area (Å²) in [7, 11) is 0. The van der Waals surface area contributed by atoms with E-state index in [9.17, 15) is 9.90 Å². The Kier molecular flexibility index (Phi) is 3.75. The maximum absolute atomic E-state index is 11.9. The summed E-state index contributed by atoms with van der Waals surface area (Å²) in [6, 6.07) is 3.75. The number of hydrogen-bond donors (Lipinski definition) is 1. The SMILES string of the molecule is O=C(Cc1cccnc1I)N1CCC(O)C1. The summed E-state index contributed by atoms with van der Waals surface area (Å²) in [5.74, 6) is 0.0717. The molecule has 1 N–H and O–H groups in total. The van der Waals surface area contributed by atoms with Gasteiger partial charge in [-0.15, -0.1) is 0 Å². The normalized spacial score (nSPS) is 20.1. The molecule has 1 amide bonds. The van der Waals surface area contributed by atoms with Gasteiger partial charge in [-0.1, -0.05) is 6.07 Å². The molecule has 0 saturated carbocycles. The number of aromatic nitrogens is 1. The van der Waals surface area contributed by atoms with Gasteiger partial charge in [0.1, 0.15) is 3.70 Å². The lowest BCUT2D eigenvalue weighted by Crippen LogP contribution is -2.31. The molecule has 0 aromatic carbocycles. The molecule has 0 aliphatic carbocycles.